The van der Waals surface area contributed by atoms with Crippen molar-refractivity contribution < 1.29 is 9.47 Å². The lowest BCUT2D eigenvalue weighted by Crippen LogP contribution is -2.29. The number of nitrogens with one attached hydrogen (secondary N) is 1. The zero-order valence-corrected chi connectivity index (χ0v) is 14.4. The molecular formula is C19H22N4O2. The van der Waals surface area contributed by atoms with Crippen LogP contribution in [0, 0.1) is 0 Å². The highest BCUT2D eigenvalue weighted by molar-refractivity contribution is 6.16. The molecule has 0 aliphatic carbocycles. The van der Waals surface area contributed by atoms with Crippen molar-refractivity contribution in [2.24, 2.45) is 4.99 Å². The van der Waals surface area contributed by atoms with Crippen LogP contribution in [-0.2, 0) is 11.3 Å². The molecule has 0 radical (unpaired) electrons. The standard InChI is InChI=1S/C19H22N4O2/c1-2-25-15-4-8-20-16(11-15)18-17-13(12-22-18)3-7-21-19(17)23-14-5-9-24-10-6-14/h3-4,7-8,11,14H,2,5-6,9-10,12H2,1H3,(H,21,23). The van der Waals surface area contributed by atoms with E-state index in [-0.39, 0.29) is 0 Å². The molecule has 4 rings (SSSR count). The first kappa shape index (κ1) is 16.0. The molecule has 1 N–H and O–H groups in total. The van der Waals surface area contributed by atoms with Gasteiger partial charge in [0, 0.05) is 43.3 Å². The fraction of sp³-hybridized carbons (Fsp3) is 0.421. The van der Waals surface area contributed by atoms with Crippen molar-refractivity contribution in [1.29, 1.82) is 0 Å². The number of rotatable bonds is 5. The molecule has 0 saturated carbocycles. The van der Waals surface area contributed by atoms with Crippen LogP contribution in [0.3, 0.4) is 0 Å². The number of anilines is 1. The molecule has 2 aromatic heterocycles. The minimum Gasteiger partial charge on any atom is -0.494 e. The molecule has 1 fully saturated rings. The predicted molar refractivity (Wildman–Crippen MR) is 96.4 cm³/mol. The molecular weight excluding hydrogens is 316 g/mol. The number of hydrogen-bond acceptors (Lipinski definition) is 6. The summed E-state index contributed by atoms with van der Waals surface area (Å²) in [5.41, 5.74) is 3.96. The Morgan fingerprint density at radius 2 is 2.04 bits per heavy atom. The maximum atomic E-state index is 5.61. The summed E-state index contributed by atoms with van der Waals surface area (Å²) in [5, 5.41) is 3.59. The van der Waals surface area contributed by atoms with Crippen molar-refractivity contribution in [2.45, 2.75) is 32.4 Å². The summed E-state index contributed by atoms with van der Waals surface area (Å²) in [7, 11) is 0. The van der Waals surface area contributed by atoms with Gasteiger partial charge < -0.3 is 14.8 Å². The molecule has 0 spiro atoms. The highest BCUT2D eigenvalue weighted by atomic mass is 16.5. The number of ether oxygens (including phenoxy) is 2. The maximum absolute atomic E-state index is 5.61. The monoisotopic (exact) mass is 338 g/mol. The van der Waals surface area contributed by atoms with Gasteiger partial charge in [0.1, 0.15) is 11.6 Å². The van der Waals surface area contributed by atoms with Crippen LogP contribution >= 0.6 is 0 Å². The van der Waals surface area contributed by atoms with Gasteiger partial charge in [0.05, 0.1) is 24.6 Å². The molecule has 1 saturated heterocycles. The van der Waals surface area contributed by atoms with Crippen LogP contribution in [0.15, 0.2) is 35.6 Å². The molecule has 0 bridgehead atoms. The smallest absolute Gasteiger partial charge is 0.136 e. The lowest BCUT2D eigenvalue weighted by atomic mass is 10.0. The van der Waals surface area contributed by atoms with Crippen molar-refractivity contribution in [1.82, 2.24) is 9.97 Å². The average Bonchev–Trinajstić information content (AvgIpc) is 3.08. The van der Waals surface area contributed by atoms with E-state index < -0.39 is 0 Å². The van der Waals surface area contributed by atoms with Gasteiger partial charge in [-0.1, -0.05) is 0 Å². The molecule has 2 aliphatic heterocycles. The lowest BCUT2D eigenvalue weighted by Gasteiger charge is -2.24. The van der Waals surface area contributed by atoms with Crippen LogP contribution in [0.4, 0.5) is 5.82 Å². The fourth-order valence-electron chi connectivity index (χ4n) is 3.29. The Bertz CT molecular complexity index is 785. The molecule has 0 unspecified atom stereocenters. The van der Waals surface area contributed by atoms with Crippen LogP contribution in [0.1, 0.15) is 36.6 Å². The number of aromatic nitrogens is 2. The summed E-state index contributed by atoms with van der Waals surface area (Å²) in [4.78, 5) is 13.8. The second-order valence-electron chi connectivity index (χ2n) is 6.20. The number of fused-ring (bicyclic) bond motifs is 1. The molecule has 4 heterocycles. The third kappa shape index (κ3) is 3.35. The number of nitrogens with zero attached hydrogens (tertiary/aromatic N) is 3. The zero-order valence-electron chi connectivity index (χ0n) is 14.4. The third-order valence-electron chi connectivity index (χ3n) is 4.53. The second-order valence-corrected chi connectivity index (χ2v) is 6.20. The Balaban J connectivity index is 1.65. The maximum Gasteiger partial charge on any atom is 0.136 e. The van der Waals surface area contributed by atoms with E-state index in [9.17, 15) is 0 Å². The van der Waals surface area contributed by atoms with Crippen molar-refractivity contribution in [3.63, 3.8) is 0 Å². The molecule has 0 atom stereocenters. The first-order valence-corrected chi connectivity index (χ1v) is 8.81. The van der Waals surface area contributed by atoms with Gasteiger partial charge in [-0.25, -0.2) is 4.98 Å². The van der Waals surface area contributed by atoms with E-state index in [0.29, 0.717) is 19.2 Å². The van der Waals surface area contributed by atoms with Crippen molar-refractivity contribution in [3.05, 3.63) is 47.4 Å². The van der Waals surface area contributed by atoms with Gasteiger partial charge in [0.2, 0.25) is 0 Å². The minimum absolute atomic E-state index is 0.386. The molecule has 0 aromatic carbocycles. The average molecular weight is 338 g/mol. The largest absolute Gasteiger partial charge is 0.494 e. The molecule has 6 nitrogen and oxygen atoms in total. The number of aliphatic imine (C=N–C) groups is 1. The zero-order chi connectivity index (χ0) is 17.1. The van der Waals surface area contributed by atoms with Gasteiger partial charge in [-0.2, -0.15) is 0 Å². The van der Waals surface area contributed by atoms with E-state index in [1.54, 1.807) is 6.20 Å². The number of pyridine rings is 2. The van der Waals surface area contributed by atoms with Crippen LogP contribution in [0.25, 0.3) is 0 Å². The molecule has 130 valence electrons. The summed E-state index contributed by atoms with van der Waals surface area (Å²) >= 11 is 0. The Hall–Kier alpha value is -2.47. The van der Waals surface area contributed by atoms with Gasteiger partial charge in [0.25, 0.3) is 0 Å². The van der Waals surface area contributed by atoms with Gasteiger partial charge in [0.15, 0.2) is 0 Å². The summed E-state index contributed by atoms with van der Waals surface area (Å²) in [6, 6.07) is 6.24. The van der Waals surface area contributed by atoms with Crippen LogP contribution < -0.4 is 10.1 Å². The van der Waals surface area contributed by atoms with Gasteiger partial charge in [-0.3, -0.25) is 9.98 Å². The van der Waals surface area contributed by atoms with Gasteiger partial charge in [-0.15, -0.1) is 0 Å². The normalized spacial score (nSPS) is 17.1. The van der Waals surface area contributed by atoms with E-state index >= 15 is 0 Å². The Kier molecular flexibility index (Phi) is 4.61. The van der Waals surface area contributed by atoms with Crippen LogP contribution in [-0.4, -0.2) is 41.5 Å². The highest BCUT2D eigenvalue weighted by Gasteiger charge is 2.25. The van der Waals surface area contributed by atoms with Crippen molar-refractivity contribution in [2.75, 3.05) is 25.1 Å². The predicted octanol–water partition coefficient (Wildman–Crippen LogP) is 2.82. The van der Waals surface area contributed by atoms with E-state index in [1.165, 1.54) is 5.56 Å². The molecule has 25 heavy (non-hydrogen) atoms. The summed E-state index contributed by atoms with van der Waals surface area (Å²) < 4.78 is 11.1. The van der Waals surface area contributed by atoms with E-state index in [2.05, 4.69) is 15.3 Å². The molecule has 2 aromatic rings. The summed E-state index contributed by atoms with van der Waals surface area (Å²) in [6.07, 6.45) is 5.61. The van der Waals surface area contributed by atoms with E-state index in [0.717, 1.165) is 54.6 Å². The Labute approximate surface area is 147 Å². The minimum atomic E-state index is 0.386. The first-order chi connectivity index (χ1) is 12.3. The van der Waals surface area contributed by atoms with Gasteiger partial charge in [-0.05, 0) is 37.5 Å². The van der Waals surface area contributed by atoms with Crippen molar-refractivity contribution in [3.8, 4) is 5.75 Å². The van der Waals surface area contributed by atoms with E-state index in [4.69, 9.17) is 14.5 Å². The summed E-state index contributed by atoms with van der Waals surface area (Å²) in [6.45, 7) is 4.86. The molecule has 6 heteroatoms. The Morgan fingerprint density at radius 1 is 1.20 bits per heavy atom. The quantitative estimate of drug-likeness (QED) is 0.908. The summed E-state index contributed by atoms with van der Waals surface area (Å²) in [5.74, 6) is 1.70. The van der Waals surface area contributed by atoms with E-state index in [1.807, 2.05) is 31.3 Å². The highest BCUT2D eigenvalue weighted by Crippen LogP contribution is 2.29. The second kappa shape index (κ2) is 7.19. The fourth-order valence-corrected chi connectivity index (χ4v) is 3.29. The topological polar surface area (TPSA) is 68.6 Å². The molecule has 0 amide bonds. The first-order valence-electron chi connectivity index (χ1n) is 8.81. The van der Waals surface area contributed by atoms with Crippen LogP contribution in [0.5, 0.6) is 5.75 Å². The van der Waals surface area contributed by atoms with Crippen molar-refractivity contribution >= 4 is 11.5 Å². The Morgan fingerprint density at radius 3 is 2.88 bits per heavy atom. The number of hydrogen-bond donors (Lipinski definition) is 1. The van der Waals surface area contributed by atoms with Gasteiger partial charge >= 0.3 is 0 Å². The SMILES string of the molecule is CCOc1ccnc(C2=NCc3ccnc(NC4CCOCC4)c32)c1. The molecule has 2 aliphatic rings. The lowest BCUT2D eigenvalue weighted by molar-refractivity contribution is 0.0904. The van der Waals surface area contributed by atoms with Crippen LogP contribution in [0.2, 0.25) is 0 Å². The third-order valence-corrected chi connectivity index (χ3v) is 4.53.